The van der Waals surface area contributed by atoms with Crippen molar-refractivity contribution >= 4 is 11.8 Å². The van der Waals surface area contributed by atoms with Crippen molar-refractivity contribution in [3.8, 4) is 0 Å². The average molecular weight is 272 g/mol. The van der Waals surface area contributed by atoms with Crippen molar-refractivity contribution in [3.05, 3.63) is 42.1 Å². The maximum absolute atomic E-state index is 4.37. The lowest BCUT2D eigenvalue weighted by atomic mass is 10.2. The maximum Gasteiger partial charge on any atom is 0.244 e. The molecule has 6 heteroatoms. The molecular weight excluding hydrogens is 252 g/mol. The van der Waals surface area contributed by atoms with Crippen molar-refractivity contribution in [2.75, 3.05) is 37.8 Å². The third-order valence-electron chi connectivity index (χ3n) is 2.72. The SMILES string of the molecule is CN(C)CCNc1nncc(NCc2ccccc2)n1. The van der Waals surface area contributed by atoms with Gasteiger partial charge in [-0.1, -0.05) is 30.3 Å². The molecule has 0 amide bonds. The van der Waals surface area contributed by atoms with Crippen molar-refractivity contribution < 1.29 is 0 Å². The van der Waals surface area contributed by atoms with Crippen LogP contribution in [0.2, 0.25) is 0 Å². The summed E-state index contributed by atoms with van der Waals surface area (Å²) in [5, 5.41) is 14.3. The molecule has 2 rings (SSSR count). The average Bonchev–Trinajstić information content (AvgIpc) is 2.46. The highest BCUT2D eigenvalue weighted by molar-refractivity contribution is 5.37. The first-order valence-corrected chi connectivity index (χ1v) is 6.60. The Hall–Kier alpha value is -2.21. The van der Waals surface area contributed by atoms with E-state index in [2.05, 4.69) is 42.8 Å². The highest BCUT2D eigenvalue weighted by Crippen LogP contribution is 2.06. The molecular formula is C14H20N6. The van der Waals surface area contributed by atoms with Gasteiger partial charge in [-0.2, -0.15) is 10.1 Å². The van der Waals surface area contributed by atoms with E-state index in [9.17, 15) is 0 Å². The van der Waals surface area contributed by atoms with Crippen LogP contribution in [0.4, 0.5) is 11.8 Å². The normalized spacial score (nSPS) is 10.6. The van der Waals surface area contributed by atoms with Gasteiger partial charge in [-0.15, -0.1) is 5.10 Å². The van der Waals surface area contributed by atoms with E-state index in [4.69, 9.17) is 0 Å². The molecule has 0 saturated carbocycles. The number of likely N-dealkylation sites (N-methyl/N-ethyl adjacent to an activating group) is 1. The second-order valence-corrected chi connectivity index (χ2v) is 4.73. The van der Waals surface area contributed by atoms with Gasteiger partial charge in [-0.25, -0.2) is 0 Å². The van der Waals surface area contributed by atoms with Crippen molar-refractivity contribution in [2.45, 2.75) is 6.54 Å². The Morgan fingerprint density at radius 1 is 1.10 bits per heavy atom. The molecule has 1 aromatic heterocycles. The first kappa shape index (κ1) is 14.2. The van der Waals surface area contributed by atoms with Crippen LogP contribution in [0.15, 0.2) is 36.5 Å². The number of aromatic nitrogens is 3. The van der Waals surface area contributed by atoms with Crippen LogP contribution < -0.4 is 10.6 Å². The number of hydrogen-bond acceptors (Lipinski definition) is 6. The summed E-state index contributed by atoms with van der Waals surface area (Å²) < 4.78 is 0. The van der Waals surface area contributed by atoms with Gasteiger partial charge in [-0.05, 0) is 19.7 Å². The fourth-order valence-corrected chi connectivity index (χ4v) is 1.64. The van der Waals surface area contributed by atoms with Crippen LogP contribution in [0.25, 0.3) is 0 Å². The van der Waals surface area contributed by atoms with Gasteiger partial charge in [0.2, 0.25) is 5.95 Å². The predicted octanol–water partition coefficient (Wildman–Crippen LogP) is 1.46. The van der Waals surface area contributed by atoms with E-state index in [1.54, 1.807) is 6.20 Å². The Bertz CT molecular complexity index is 514. The lowest BCUT2D eigenvalue weighted by Crippen LogP contribution is -2.21. The summed E-state index contributed by atoms with van der Waals surface area (Å²) in [4.78, 5) is 6.47. The summed E-state index contributed by atoms with van der Waals surface area (Å²) in [5.74, 6) is 1.26. The van der Waals surface area contributed by atoms with Crippen molar-refractivity contribution in [1.82, 2.24) is 20.1 Å². The number of hydrogen-bond donors (Lipinski definition) is 2. The van der Waals surface area contributed by atoms with Crippen LogP contribution in [0, 0.1) is 0 Å². The lowest BCUT2D eigenvalue weighted by molar-refractivity contribution is 0.425. The first-order chi connectivity index (χ1) is 9.74. The molecule has 0 saturated heterocycles. The second kappa shape index (κ2) is 7.40. The molecule has 0 bridgehead atoms. The maximum atomic E-state index is 4.37. The van der Waals surface area contributed by atoms with Crippen LogP contribution in [0.1, 0.15) is 5.56 Å². The molecule has 2 aromatic rings. The smallest absolute Gasteiger partial charge is 0.244 e. The zero-order valence-corrected chi connectivity index (χ0v) is 11.9. The molecule has 0 fully saturated rings. The molecule has 0 aliphatic heterocycles. The van der Waals surface area contributed by atoms with Crippen LogP contribution in [0.5, 0.6) is 0 Å². The molecule has 0 spiro atoms. The summed E-state index contributed by atoms with van der Waals surface area (Å²) in [6.07, 6.45) is 1.63. The minimum absolute atomic E-state index is 0.546. The van der Waals surface area contributed by atoms with Gasteiger partial charge in [0, 0.05) is 19.6 Å². The molecule has 0 radical (unpaired) electrons. The number of anilines is 2. The molecule has 0 atom stereocenters. The van der Waals surface area contributed by atoms with Crippen LogP contribution >= 0.6 is 0 Å². The standard InChI is InChI=1S/C14H20N6/c1-20(2)9-8-15-14-18-13(11-17-19-14)16-10-12-6-4-3-5-7-12/h3-7,11H,8-10H2,1-2H3,(H2,15,16,18,19). The number of nitrogens with one attached hydrogen (secondary N) is 2. The molecule has 2 N–H and O–H groups in total. The van der Waals surface area contributed by atoms with E-state index in [-0.39, 0.29) is 0 Å². The molecule has 1 aromatic carbocycles. The van der Waals surface area contributed by atoms with E-state index >= 15 is 0 Å². The number of rotatable bonds is 7. The number of benzene rings is 1. The third-order valence-corrected chi connectivity index (χ3v) is 2.72. The molecule has 0 unspecified atom stereocenters. The van der Waals surface area contributed by atoms with Crippen LogP contribution in [0.3, 0.4) is 0 Å². The summed E-state index contributed by atoms with van der Waals surface area (Å²) in [7, 11) is 4.05. The summed E-state index contributed by atoms with van der Waals surface area (Å²) in [6.45, 7) is 2.43. The molecule has 20 heavy (non-hydrogen) atoms. The summed E-state index contributed by atoms with van der Waals surface area (Å²) in [6, 6.07) is 10.2. The molecule has 106 valence electrons. The molecule has 1 heterocycles. The summed E-state index contributed by atoms with van der Waals surface area (Å²) >= 11 is 0. The second-order valence-electron chi connectivity index (χ2n) is 4.73. The quantitative estimate of drug-likeness (QED) is 0.795. The van der Waals surface area contributed by atoms with Gasteiger partial charge >= 0.3 is 0 Å². The van der Waals surface area contributed by atoms with Gasteiger partial charge in [-0.3, -0.25) is 0 Å². The monoisotopic (exact) mass is 272 g/mol. The topological polar surface area (TPSA) is 66.0 Å². The Balaban J connectivity index is 1.86. The Morgan fingerprint density at radius 2 is 1.90 bits per heavy atom. The zero-order valence-electron chi connectivity index (χ0n) is 11.9. The van der Waals surface area contributed by atoms with E-state index in [0.29, 0.717) is 5.95 Å². The van der Waals surface area contributed by atoms with E-state index < -0.39 is 0 Å². The third kappa shape index (κ3) is 4.81. The van der Waals surface area contributed by atoms with Crippen molar-refractivity contribution in [1.29, 1.82) is 0 Å². The Kier molecular flexibility index (Phi) is 5.25. The minimum Gasteiger partial charge on any atom is -0.365 e. The Labute approximate surface area is 119 Å². The molecule has 6 nitrogen and oxygen atoms in total. The van der Waals surface area contributed by atoms with Gasteiger partial charge in [0.05, 0.1) is 6.20 Å². The van der Waals surface area contributed by atoms with Crippen molar-refractivity contribution in [3.63, 3.8) is 0 Å². The van der Waals surface area contributed by atoms with Crippen LogP contribution in [-0.2, 0) is 6.54 Å². The van der Waals surface area contributed by atoms with Crippen LogP contribution in [-0.4, -0.2) is 47.3 Å². The highest BCUT2D eigenvalue weighted by Gasteiger charge is 2.00. The van der Waals surface area contributed by atoms with E-state index in [1.807, 2.05) is 32.3 Å². The predicted molar refractivity (Wildman–Crippen MR) is 80.6 cm³/mol. The van der Waals surface area contributed by atoms with Gasteiger partial charge in [0.1, 0.15) is 0 Å². The lowest BCUT2D eigenvalue weighted by Gasteiger charge is -2.10. The van der Waals surface area contributed by atoms with Crippen molar-refractivity contribution in [2.24, 2.45) is 0 Å². The first-order valence-electron chi connectivity index (χ1n) is 6.60. The largest absolute Gasteiger partial charge is 0.365 e. The minimum atomic E-state index is 0.546. The zero-order chi connectivity index (χ0) is 14.2. The molecule has 0 aliphatic carbocycles. The fraction of sp³-hybridized carbons (Fsp3) is 0.357. The number of nitrogens with zero attached hydrogens (tertiary/aromatic N) is 4. The van der Waals surface area contributed by atoms with E-state index in [1.165, 1.54) is 5.56 Å². The van der Waals surface area contributed by atoms with Gasteiger partial charge in [0.25, 0.3) is 0 Å². The fourth-order valence-electron chi connectivity index (χ4n) is 1.64. The van der Waals surface area contributed by atoms with E-state index in [0.717, 1.165) is 25.5 Å². The molecule has 0 aliphatic rings. The summed E-state index contributed by atoms with van der Waals surface area (Å²) in [5.41, 5.74) is 1.20. The highest BCUT2D eigenvalue weighted by atomic mass is 15.3. The van der Waals surface area contributed by atoms with Gasteiger partial charge in [0.15, 0.2) is 5.82 Å². The Morgan fingerprint density at radius 3 is 2.65 bits per heavy atom. The van der Waals surface area contributed by atoms with Gasteiger partial charge < -0.3 is 15.5 Å².